The number of halogens is 1. The van der Waals surface area contributed by atoms with E-state index in [9.17, 15) is 0 Å². The van der Waals surface area contributed by atoms with Crippen molar-refractivity contribution in [3.05, 3.63) is 24.3 Å². The van der Waals surface area contributed by atoms with Crippen LogP contribution in [-0.4, -0.2) is 27.1 Å². The molecule has 0 atom stereocenters. The zero-order chi connectivity index (χ0) is 17.2. The summed E-state index contributed by atoms with van der Waals surface area (Å²) in [5, 5.41) is 1.07. The van der Waals surface area contributed by atoms with Gasteiger partial charge < -0.3 is 8.85 Å². The van der Waals surface area contributed by atoms with Crippen molar-refractivity contribution in [3.63, 3.8) is 0 Å². The largest absolute Gasteiger partial charge is 0.394 e. The second-order valence-electron chi connectivity index (χ2n) is 6.07. The lowest BCUT2D eigenvalue weighted by molar-refractivity contribution is 0.177. The summed E-state index contributed by atoms with van der Waals surface area (Å²) in [5.74, 6) is 0. The predicted octanol–water partition coefficient (Wildman–Crippen LogP) is 6.76. The Morgan fingerprint density at radius 1 is 0.783 bits per heavy atom. The third kappa shape index (κ3) is 15.4. The molecule has 0 aromatic rings. The fourth-order valence-corrected chi connectivity index (χ4v) is 4.98. The minimum atomic E-state index is -2.01. The summed E-state index contributed by atoms with van der Waals surface area (Å²) in [7, 11) is -2.01. The van der Waals surface area contributed by atoms with E-state index in [2.05, 4.69) is 60.6 Å². The summed E-state index contributed by atoms with van der Waals surface area (Å²) in [6.45, 7) is 8.23. The standard InChI is InChI=1S/C19H37BrO2Si/c1-4-6-8-10-13-17-21-23(3,19-15-12-16-20)22-18-14-11-9-7-5-2/h8-11H,4-7,12-19H2,1-3H3/b10-8-,11-9-. The third-order valence-electron chi connectivity index (χ3n) is 3.64. The topological polar surface area (TPSA) is 18.5 Å². The number of allylic oxidation sites excluding steroid dienone is 2. The van der Waals surface area contributed by atoms with E-state index in [1.165, 1.54) is 38.5 Å². The monoisotopic (exact) mass is 404 g/mol. The highest BCUT2D eigenvalue weighted by molar-refractivity contribution is 9.09. The van der Waals surface area contributed by atoms with Gasteiger partial charge in [0, 0.05) is 18.5 Å². The van der Waals surface area contributed by atoms with E-state index >= 15 is 0 Å². The Balaban J connectivity index is 4.11. The zero-order valence-corrected chi connectivity index (χ0v) is 18.1. The minimum absolute atomic E-state index is 0.795. The van der Waals surface area contributed by atoms with Gasteiger partial charge in [-0.1, -0.05) is 73.3 Å². The molecule has 136 valence electrons. The highest BCUT2D eigenvalue weighted by Gasteiger charge is 2.30. The van der Waals surface area contributed by atoms with Crippen molar-refractivity contribution < 1.29 is 8.85 Å². The third-order valence-corrected chi connectivity index (χ3v) is 7.09. The molecule has 0 radical (unpaired) electrons. The molecule has 0 unspecified atom stereocenters. The first-order chi connectivity index (χ1) is 11.2. The van der Waals surface area contributed by atoms with Crippen molar-refractivity contribution >= 4 is 24.5 Å². The lowest BCUT2D eigenvalue weighted by atomic mass is 10.3. The first-order valence-electron chi connectivity index (χ1n) is 9.32. The molecule has 0 fully saturated rings. The van der Waals surface area contributed by atoms with Gasteiger partial charge in [0.15, 0.2) is 0 Å². The molecular formula is C19H37BrO2Si. The van der Waals surface area contributed by atoms with Gasteiger partial charge in [0.25, 0.3) is 0 Å². The first kappa shape index (κ1) is 23.1. The molecule has 23 heavy (non-hydrogen) atoms. The number of rotatable bonds is 16. The Morgan fingerprint density at radius 2 is 1.26 bits per heavy atom. The maximum absolute atomic E-state index is 6.21. The van der Waals surface area contributed by atoms with Crippen molar-refractivity contribution in [1.82, 2.24) is 0 Å². The summed E-state index contributed by atoms with van der Waals surface area (Å²) in [6, 6.07) is 1.09. The molecule has 2 nitrogen and oxygen atoms in total. The molecule has 0 aliphatic rings. The van der Waals surface area contributed by atoms with Crippen LogP contribution in [0.25, 0.3) is 0 Å². The van der Waals surface area contributed by atoms with Crippen molar-refractivity contribution in [2.75, 3.05) is 18.5 Å². The van der Waals surface area contributed by atoms with Gasteiger partial charge in [-0.3, -0.25) is 0 Å². The molecule has 0 spiro atoms. The van der Waals surface area contributed by atoms with Crippen LogP contribution in [0.5, 0.6) is 0 Å². The number of unbranched alkanes of at least 4 members (excludes halogenated alkanes) is 3. The lowest BCUT2D eigenvalue weighted by Crippen LogP contribution is -2.39. The van der Waals surface area contributed by atoms with Gasteiger partial charge in [-0.25, -0.2) is 0 Å². The van der Waals surface area contributed by atoms with Crippen molar-refractivity contribution in [3.8, 4) is 0 Å². The van der Waals surface area contributed by atoms with Gasteiger partial charge in [-0.15, -0.1) is 0 Å². The van der Waals surface area contributed by atoms with Crippen molar-refractivity contribution in [2.24, 2.45) is 0 Å². The number of hydrogen-bond donors (Lipinski definition) is 0. The van der Waals surface area contributed by atoms with Crippen LogP contribution in [0.1, 0.15) is 65.2 Å². The molecule has 0 aromatic carbocycles. The summed E-state index contributed by atoms with van der Waals surface area (Å²) >= 11 is 3.51. The van der Waals surface area contributed by atoms with E-state index in [-0.39, 0.29) is 0 Å². The van der Waals surface area contributed by atoms with Crippen LogP contribution in [-0.2, 0) is 8.85 Å². The van der Waals surface area contributed by atoms with Crippen LogP contribution in [0.4, 0.5) is 0 Å². The Bertz CT molecular complexity index is 284. The summed E-state index contributed by atoms with van der Waals surface area (Å²) in [4.78, 5) is 0. The summed E-state index contributed by atoms with van der Waals surface area (Å²) in [5.41, 5.74) is 0. The van der Waals surface area contributed by atoms with Crippen molar-refractivity contribution in [1.29, 1.82) is 0 Å². The van der Waals surface area contributed by atoms with Crippen LogP contribution in [0.2, 0.25) is 12.6 Å². The lowest BCUT2D eigenvalue weighted by Gasteiger charge is -2.27. The molecular weight excluding hydrogens is 368 g/mol. The highest BCUT2D eigenvalue weighted by atomic mass is 79.9. The van der Waals surface area contributed by atoms with Gasteiger partial charge in [-0.05, 0) is 44.7 Å². The molecule has 0 aliphatic heterocycles. The molecule has 0 saturated heterocycles. The predicted molar refractivity (Wildman–Crippen MR) is 109 cm³/mol. The van der Waals surface area contributed by atoms with Crippen LogP contribution in [0, 0.1) is 0 Å². The fourth-order valence-electron chi connectivity index (χ4n) is 2.22. The maximum atomic E-state index is 6.21. The second kappa shape index (κ2) is 16.9. The Hall–Kier alpha value is 0.0969. The van der Waals surface area contributed by atoms with E-state index in [4.69, 9.17) is 8.85 Å². The van der Waals surface area contributed by atoms with E-state index in [0.29, 0.717) is 0 Å². The smallest absolute Gasteiger partial charge is 0.334 e. The maximum Gasteiger partial charge on any atom is 0.334 e. The molecule has 0 amide bonds. The SMILES string of the molecule is CCC/C=C\CCO[Si](C)(CCCCBr)OCC/C=C\CCC. The summed E-state index contributed by atoms with van der Waals surface area (Å²) < 4.78 is 12.4. The molecule has 0 aliphatic carbocycles. The van der Waals surface area contributed by atoms with Gasteiger partial charge in [0.1, 0.15) is 0 Å². The van der Waals surface area contributed by atoms with Gasteiger partial charge in [-0.2, -0.15) is 0 Å². The Morgan fingerprint density at radius 3 is 1.70 bits per heavy atom. The van der Waals surface area contributed by atoms with Crippen LogP contribution in [0.15, 0.2) is 24.3 Å². The molecule has 0 rings (SSSR count). The number of hydrogen-bond acceptors (Lipinski definition) is 2. The quantitative estimate of drug-likeness (QED) is 0.122. The van der Waals surface area contributed by atoms with Crippen LogP contribution >= 0.6 is 15.9 Å². The molecule has 0 saturated carbocycles. The van der Waals surface area contributed by atoms with Gasteiger partial charge in [0.2, 0.25) is 0 Å². The zero-order valence-electron chi connectivity index (χ0n) is 15.5. The normalized spacial score (nSPS) is 12.7. The highest BCUT2D eigenvalue weighted by Crippen LogP contribution is 2.18. The first-order valence-corrected chi connectivity index (χ1v) is 13.0. The Kier molecular flexibility index (Phi) is 17.0. The molecule has 0 bridgehead atoms. The molecule has 0 N–H and O–H groups in total. The Labute approximate surface area is 154 Å². The minimum Gasteiger partial charge on any atom is -0.394 e. The van der Waals surface area contributed by atoms with Gasteiger partial charge >= 0.3 is 8.56 Å². The second-order valence-corrected chi connectivity index (χ2v) is 10.2. The van der Waals surface area contributed by atoms with Gasteiger partial charge in [0.05, 0.1) is 0 Å². The molecule has 0 heterocycles. The summed E-state index contributed by atoms with van der Waals surface area (Å²) in [6.07, 6.45) is 18.1. The van der Waals surface area contributed by atoms with Crippen molar-refractivity contribution in [2.45, 2.75) is 77.8 Å². The molecule has 4 heteroatoms. The van der Waals surface area contributed by atoms with E-state index < -0.39 is 8.56 Å². The number of alkyl halides is 1. The van der Waals surface area contributed by atoms with Crippen LogP contribution < -0.4 is 0 Å². The van der Waals surface area contributed by atoms with E-state index in [0.717, 1.165) is 37.4 Å². The van der Waals surface area contributed by atoms with Crippen LogP contribution in [0.3, 0.4) is 0 Å². The average molecular weight is 405 g/mol. The average Bonchev–Trinajstić information content (AvgIpc) is 2.54. The van der Waals surface area contributed by atoms with E-state index in [1.54, 1.807) is 0 Å². The van der Waals surface area contributed by atoms with E-state index in [1.807, 2.05) is 0 Å². The molecule has 0 aromatic heterocycles. The fraction of sp³-hybridized carbons (Fsp3) is 0.789.